The standard InChI is InChI=1S/C3H5O2P.C3H6/c1-2-3-6(4)5;1-3-2/h1,6H,3H2,(H,4,5);3H,1H2,2H3. The molecule has 0 bridgehead atoms. The minimum absolute atomic E-state index is 0.00463. The molecular formula is C6H11O2P. The maximum absolute atomic E-state index is 9.64. The molecule has 52 valence electrons. The van der Waals surface area contributed by atoms with Crippen LogP contribution in [0.5, 0.6) is 0 Å². The van der Waals surface area contributed by atoms with E-state index in [1.807, 2.05) is 12.8 Å². The smallest absolute Gasteiger partial charge is 0.200 e. The molecule has 0 radical (unpaired) electrons. The van der Waals surface area contributed by atoms with Crippen molar-refractivity contribution in [3.63, 3.8) is 0 Å². The zero-order chi connectivity index (χ0) is 7.70. The lowest BCUT2D eigenvalue weighted by Crippen LogP contribution is -1.62. The fraction of sp³-hybridized carbons (Fsp3) is 0.333. The summed E-state index contributed by atoms with van der Waals surface area (Å²) in [6.45, 7) is 5.25. The maximum atomic E-state index is 9.64. The summed E-state index contributed by atoms with van der Waals surface area (Å²) in [5.41, 5.74) is 0. The Morgan fingerprint density at radius 2 is 2.33 bits per heavy atom. The number of terminal acetylenes is 1. The van der Waals surface area contributed by atoms with Crippen molar-refractivity contribution >= 4 is 8.03 Å². The van der Waals surface area contributed by atoms with E-state index < -0.39 is 8.03 Å². The van der Waals surface area contributed by atoms with Crippen molar-refractivity contribution in [2.75, 3.05) is 6.16 Å². The molecule has 0 aliphatic heterocycles. The molecule has 2 nitrogen and oxygen atoms in total. The first kappa shape index (κ1) is 11.3. The third-order valence-corrected chi connectivity index (χ3v) is 0.760. The van der Waals surface area contributed by atoms with Crippen LogP contribution in [0, 0.1) is 12.3 Å². The summed E-state index contributed by atoms with van der Waals surface area (Å²) in [7, 11) is -2.37. The first-order valence-corrected chi connectivity index (χ1v) is 3.97. The van der Waals surface area contributed by atoms with Crippen molar-refractivity contribution in [1.29, 1.82) is 0 Å². The van der Waals surface area contributed by atoms with Crippen LogP contribution in [-0.2, 0) is 4.57 Å². The van der Waals surface area contributed by atoms with E-state index in [1.54, 1.807) is 6.08 Å². The van der Waals surface area contributed by atoms with Gasteiger partial charge in [-0.2, -0.15) is 0 Å². The van der Waals surface area contributed by atoms with Crippen LogP contribution in [0.15, 0.2) is 12.7 Å². The van der Waals surface area contributed by atoms with E-state index in [4.69, 9.17) is 4.89 Å². The summed E-state index contributed by atoms with van der Waals surface area (Å²) in [5.74, 6) is 2.05. The first-order valence-electron chi connectivity index (χ1n) is 2.41. The quantitative estimate of drug-likeness (QED) is 0.343. The Morgan fingerprint density at radius 3 is 2.33 bits per heavy atom. The van der Waals surface area contributed by atoms with Gasteiger partial charge >= 0.3 is 0 Å². The summed E-state index contributed by atoms with van der Waals surface area (Å²) in [4.78, 5) is 7.96. The lowest BCUT2D eigenvalue weighted by Gasteiger charge is -1.74. The van der Waals surface area contributed by atoms with Gasteiger partial charge in [0.25, 0.3) is 0 Å². The Morgan fingerprint density at radius 1 is 2.00 bits per heavy atom. The van der Waals surface area contributed by atoms with Crippen molar-refractivity contribution in [3.05, 3.63) is 12.7 Å². The largest absolute Gasteiger partial charge is 0.346 e. The van der Waals surface area contributed by atoms with E-state index in [1.165, 1.54) is 0 Å². The van der Waals surface area contributed by atoms with Gasteiger partial charge in [-0.1, -0.05) is 12.0 Å². The molecule has 0 aliphatic rings. The zero-order valence-corrected chi connectivity index (χ0v) is 6.42. The molecule has 0 aromatic heterocycles. The maximum Gasteiger partial charge on any atom is 0.200 e. The molecule has 0 aliphatic carbocycles. The first-order chi connectivity index (χ1) is 4.18. The minimum atomic E-state index is -2.37. The molecule has 0 fully saturated rings. The molecule has 0 aromatic rings. The second-order valence-corrected chi connectivity index (χ2v) is 2.32. The van der Waals surface area contributed by atoms with Crippen LogP contribution in [0.25, 0.3) is 0 Å². The van der Waals surface area contributed by atoms with E-state index in [-0.39, 0.29) is 6.16 Å². The fourth-order valence-corrected chi connectivity index (χ4v) is 0.262. The Hall–Kier alpha value is -0.510. The SMILES string of the molecule is C#CC[PH](=O)O.C=CC. The van der Waals surface area contributed by atoms with E-state index in [0.717, 1.165) is 0 Å². The van der Waals surface area contributed by atoms with Gasteiger partial charge in [-0.15, -0.1) is 13.0 Å². The highest BCUT2D eigenvalue weighted by Gasteiger charge is 1.80. The second kappa shape index (κ2) is 10.5. The molecule has 0 saturated carbocycles. The zero-order valence-electron chi connectivity index (χ0n) is 5.42. The van der Waals surface area contributed by atoms with Gasteiger partial charge in [0.1, 0.15) is 0 Å². The summed E-state index contributed by atoms with van der Waals surface area (Å²) in [6, 6.07) is 0. The van der Waals surface area contributed by atoms with Gasteiger partial charge in [0.2, 0.25) is 8.03 Å². The van der Waals surface area contributed by atoms with Gasteiger partial charge in [0.05, 0.1) is 6.16 Å². The summed E-state index contributed by atoms with van der Waals surface area (Å²) in [5, 5.41) is 0. The van der Waals surface area contributed by atoms with E-state index in [0.29, 0.717) is 0 Å². The van der Waals surface area contributed by atoms with Crippen molar-refractivity contribution in [2.24, 2.45) is 0 Å². The van der Waals surface area contributed by atoms with Gasteiger partial charge in [-0.25, -0.2) is 0 Å². The normalized spacial score (nSPS) is 9.89. The molecule has 3 heteroatoms. The molecule has 0 aromatic carbocycles. The van der Waals surface area contributed by atoms with Crippen LogP contribution in [0.3, 0.4) is 0 Å². The molecule has 0 spiro atoms. The average Bonchev–Trinajstić information content (AvgIpc) is 1.67. The Kier molecular flexibility index (Phi) is 13.2. The molecule has 0 saturated heterocycles. The van der Waals surface area contributed by atoms with Gasteiger partial charge in [-0.05, 0) is 6.92 Å². The summed E-state index contributed by atoms with van der Waals surface area (Å²) < 4.78 is 9.64. The highest BCUT2D eigenvalue weighted by Crippen LogP contribution is 2.08. The highest BCUT2D eigenvalue weighted by atomic mass is 31.1. The van der Waals surface area contributed by atoms with Crippen LogP contribution in [0.2, 0.25) is 0 Å². The van der Waals surface area contributed by atoms with Gasteiger partial charge in [-0.3, -0.25) is 4.57 Å². The summed E-state index contributed by atoms with van der Waals surface area (Å²) in [6.07, 6.45) is 6.40. The number of hydrogen-bond acceptors (Lipinski definition) is 1. The van der Waals surface area contributed by atoms with Crippen molar-refractivity contribution < 1.29 is 9.46 Å². The molecule has 1 N–H and O–H groups in total. The van der Waals surface area contributed by atoms with Crippen molar-refractivity contribution in [2.45, 2.75) is 6.92 Å². The number of allylic oxidation sites excluding steroid dienone is 1. The average molecular weight is 146 g/mol. The van der Waals surface area contributed by atoms with E-state index >= 15 is 0 Å². The summed E-state index contributed by atoms with van der Waals surface area (Å²) >= 11 is 0. The Balaban J connectivity index is 0. The molecule has 0 rings (SSSR count). The molecule has 1 unspecified atom stereocenters. The monoisotopic (exact) mass is 146 g/mol. The third kappa shape index (κ3) is 36.4. The predicted octanol–water partition coefficient (Wildman–Crippen LogP) is 1.28. The molecule has 9 heavy (non-hydrogen) atoms. The third-order valence-electron chi connectivity index (χ3n) is 0.253. The molecule has 1 atom stereocenters. The lowest BCUT2D eigenvalue weighted by molar-refractivity contribution is 0.506. The predicted molar refractivity (Wildman–Crippen MR) is 40.8 cm³/mol. The molecular weight excluding hydrogens is 135 g/mol. The van der Waals surface area contributed by atoms with Gasteiger partial charge in [0.15, 0.2) is 0 Å². The fourth-order valence-electron chi connectivity index (χ4n) is 0.0873. The highest BCUT2D eigenvalue weighted by molar-refractivity contribution is 7.38. The van der Waals surface area contributed by atoms with Crippen LogP contribution < -0.4 is 0 Å². The number of rotatable bonds is 1. The second-order valence-electron chi connectivity index (χ2n) is 1.18. The van der Waals surface area contributed by atoms with Gasteiger partial charge in [0, 0.05) is 0 Å². The van der Waals surface area contributed by atoms with Crippen LogP contribution in [0.4, 0.5) is 0 Å². The number of hydrogen-bond donors (Lipinski definition) is 1. The van der Waals surface area contributed by atoms with E-state index in [9.17, 15) is 4.57 Å². The van der Waals surface area contributed by atoms with Crippen molar-refractivity contribution in [3.8, 4) is 12.3 Å². The van der Waals surface area contributed by atoms with Crippen LogP contribution >= 0.6 is 8.03 Å². The molecule has 0 heterocycles. The molecule has 0 amide bonds. The lowest BCUT2D eigenvalue weighted by atomic mass is 10.8. The Labute approximate surface area is 56.5 Å². The van der Waals surface area contributed by atoms with Crippen molar-refractivity contribution in [1.82, 2.24) is 0 Å². The topological polar surface area (TPSA) is 37.3 Å². The van der Waals surface area contributed by atoms with Crippen LogP contribution in [0.1, 0.15) is 6.92 Å². The minimum Gasteiger partial charge on any atom is -0.346 e. The van der Waals surface area contributed by atoms with Crippen LogP contribution in [-0.4, -0.2) is 11.1 Å². The van der Waals surface area contributed by atoms with E-state index in [2.05, 4.69) is 13.0 Å². The Bertz CT molecular complexity index is 124. The van der Waals surface area contributed by atoms with Gasteiger partial charge < -0.3 is 4.89 Å².